The van der Waals surface area contributed by atoms with Gasteiger partial charge in [-0.05, 0) is 106 Å². The molecule has 326 valence electrons. The number of benzene rings is 4. The van der Waals surface area contributed by atoms with Gasteiger partial charge in [0.05, 0.1) is 34.6 Å². The van der Waals surface area contributed by atoms with Crippen molar-refractivity contribution in [2.75, 3.05) is 17.2 Å². The molecule has 2 atom stereocenters. The molecule has 0 bridgehead atoms. The minimum absolute atomic E-state index is 0.00852. The number of thiophene rings is 1. The smallest absolute Gasteiger partial charge is 0.266 e. The second-order valence-corrected chi connectivity index (χ2v) is 17.1. The number of aromatic nitrogens is 3. The van der Waals surface area contributed by atoms with Crippen LogP contribution in [0.2, 0.25) is 5.02 Å². The molecule has 0 aliphatic carbocycles. The highest BCUT2D eigenvalue weighted by atomic mass is 35.5. The van der Waals surface area contributed by atoms with Crippen LogP contribution in [-0.2, 0) is 19.2 Å². The molecule has 0 radical (unpaired) electrons. The topological polar surface area (TPSA) is 219 Å². The molecule has 3 aliphatic rings. The van der Waals surface area contributed by atoms with Crippen LogP contribution in [0.25, 0.3) is 5.00 Å². The van der Waals surface area contributed by atoms with Crippen molar-refractivity contribution in [2.45, 2.75) is 52.1 Å². The largest absolute Gasteiger partial charge is 0.483 e. The van der Waals surface area contributed by atoms with Crippen molar-refractivity contribution in [2.24, 2.45) is 15.2 Å². The molecule has 3 aliphatic heterocycles. The van der Waals surface area contributed by atoms with Crippen LogP contribution in [0, 0.1) is 20.8 Å². The van der Waals surface area contributed by atoms with E-state index in [2.05, 4.69) is 50.2 Å². The summed E-state index contributed by atoms with van der Waals surface area (Å²) >= 11 is 7.88. The van der Waals surface area contributed by atoms with E-state index in [0.29, 0.717) is 39.4 Å². The third-order valence-electron chi connectivity index (χ3n) is 11.1. The molecular formula is C46H37ClN10O7S. The highest BCUT2D eigenvalue weighted by Gasteiger charge is 2.46. The number of hydrogen-bond donors (Lipinski definition) is 3. The van der Waals surface area contributed by atoms with Crippen molar-refractivity contribution < 1.29 is 33.5 Å². The van der Waals surface area contributed by atoms with Gasteiger partial charge in [0.2, 0.25) is 17.7 Å². The van der Waals surface area contributed by atoms with Gasteiger partial charge in [-0.15, -0.1) is 21.5 Å². The molecule has 5 heterocycles. The zero-order valence-electron chi connectivity index (χ0n) is 34.9. The average molecular weight is 909 g/mol. The fourth-order valence-corrected chi connectivity index (χ4v) is 9.14. The maximum atomic E-state index is 13.6. The molecule has 17 nitrogen and oxygen atoms in total. The van der Waals surface area contributed by atoms with E-state index in [1.54, 1.807) is 59.9 Å². The molecule has 0 saturated carbocycles. The minimum Gasteiger partial charge on any atom is -0.483 e. The van der Waals surface area contributed by atoms with Gasteiger partial charge in [0.25, 0.3) is 17.7 Å². The van der Waals surface area contributed by atoms with E-state index < -0.39 is 48.2 Å². The van der Waals surface area contributed by atoms with Gasteiger partial charge >= 0.3 is 0 Å². The number of piperidine rings is 1. The Balaban J connectivity index is 0.803. The van der Waals surface area contributed by atoms with Crippen molar-refractivity contribution in [3.63, 3.8) is 0 Å². The number of hydrogen-bond acceptors (Lipinski definition) is 13. The summed E-state index contributed by atoms with van der Waals surface area (Å²) in [6.45, 7) is 5.56. The molecule has 1 saturated heterocycles. The molecule has 0 spiro atoms. The number of nitrogens with one attached hydrogen (secondary N) is 3. The first-order valence-electron chi connectivity index (χ1n) is 20.4. The summed E-state index contributed by atoms with van der Waals surface area (Å²) in [6.07, 6.45) is 0.0176. The number of imide groups is 2. The summed E-state index contributed by atoms with van der Waals surface area (Å²) < 4.78 is 7.67. The summed E-state index contributed by atoms with van der Waals surface area (Å²) in [4.78, 5) is 84.1. The Bertz CT molecular complexity index is 3020. The lowest BCUT2D eigenvalue weighted by atomic mass is 9.99. The Morgan fingerprint density at radius 2 is 1.49 bits per heavy atom. The number of ether oxygens (including phenoxy) is 1. The maximum Gasteiger partial charge on any atom is 0.266 e. The molecule has 9 rings (SSSR count). The van der Waals surface area contributed by atoms with Crippen LogP contribution in [0.5, 0.6) is 5.75 Å². The summed E-state index contributed by atoms with van der Waals surface area (Å²) in [7, 11) is 0. The number of aliphatic imine (C=N–C) groups is 1. The monoisotopic (exact) mass is 908 g/mol. The number of carbonyl (C=O) groups is 6. The summed E-state index contributed by atoms with van der Waals surface area (Å²) in [5.41, 5.74) is 5.74. The lowest BCUT2D eigenvalue weighted by Gasteiger charge is -2.27. The SMILES string of the molecule is Cc1sc2c(c1C)C(c1ccc(Cl)cc1)=N[C@@H](CC(=O)Nc1ccc(/N=N/c3ccc(NC(=O)COc4cccc5c4C(=O)N(C4CCC(=O)NC4=O)C5=O)cc3)cc1)c1nnc(C)n1-2. The minimum atomic E-state index is -1.13. The Morgan fingerprint density at radius 1 is 0.831 bits per heavy atom. The fourth-order valence-electron chi connectivity index (χ4n) is 7.80. The van der Waals surface area contributed by atoms with Crippen molar-refractivity contribution in [3.05, 3.63) is 140 Å². The van der Waals surface area contributed by atoms with Gasteiger partial charge in [0.15, 0.2) is 12.4 Å². The van der Waals surface area contributed by atoms with Crippen LogP contribution in [0.15, 0.2) is 106 Å². The Kier molecular flexibility index (Phi) is 11.4. The van der Waals surface area contributed by atoms with E-state index in [9.17, 15) is 28.8 Å². The summed E-state index contributed by atoms with van der Waals surface area (Å²) in [6, 6.07) is 23.6. The standard InChI is InChI=1S/C46H37ClN10O7S/c1-23-24(2)65-46-39(23)41(26-7-9-27(47)10-8-26)50-33(42-55-52-25(3)56(42)46)21-37(59)48-28-11-15-30(16-12-28)53-54-31-17-13-29(14-18-31)49-38(60)22-64-35-6-4-5-32-40(35)45(63)57(44(32)62)34-19-20-36(58)51-43(34)61/h4-18,33-34H,19-22H2,1-3H3,(H,48,59)(H,49,60)(H,51,58,61)/b54-53+/t33-,34?/m0/s1. The number of nitrogens with zero attached hydrogens (tertiary/aromatic N) is 7. The third-order valence-corrected chi connectivity index (χ3v) is 12.6. The van der Waals surface area contributed by atoms with Crippen LogP contribution in [0.1, 0.15) is 79.2 Å². The number of aryl methyl sites for hydroxylation is 2. The number of fused-ring (bicyclic) bond motifs is 4. The Morgan fingerprint density at radius 3 is 2.15 bits per heavy atom. The molecule has 4 aromatic carbocycles. The van der Waals surface area contributed by atoms with Crippen molar-refractivity contribution in [3.8, 4) is 10.8 Å². The van der Waals surface area contributed by atoms with E-state index >= 15 is 0 Å². The van der Waals surface area contributed by atoms with Gasteiger partial charge in [-0.3, -0.25) is 48.5 Å². The fraction of sp³-hybridized carbons (Fsp3) is 0.196. The van der Waals surface area contributed by atoms with Gasteiger partial charge in [-0.25, -0.2) is 0 Å². The summed E-state index contributed by atoms with van der Waals surface area (Å²) in [5.74, 6) is -2.13. The maximum absolute atomic E-state index is 13.6. The third kappa shape index (κ3) is 8.43. The lowest BCUT2D eigenvalue weighted by Crippen LogP contribution is -2.54. The van der Waals surface area contributed by atoms with Crippen molar-refractivity contribution in [1.82, 2.24) is 25.0 Å². The van der Waals surface area contributed by atoms with E-state index in [1.807, 2.05) is 35.8 Å². The predicted octanol–water partition coefficient (Wildman–Crippen LogP) is 7.66. The van der Waals surface area contributed by atoms with Crippen LogP contribution >= 0.6 is 22.9 Å². The Labute approximate surface area is 379 Å². The second kappa shape index (κ2) is 17.5. The molecule has 6 amide bonds. The lowest BCUT2D eigenvalue weighted by molar-refractivity contribution is -0.136. The first-order valence-corrected chi connectivity index (χ1v) is 21.6. The van der Waals surface area contributed by atoms with Gasteiger partial charge in [0, 0.05) is 38.8 Å². The average Bonchev–Trinajstić information content (AvgIpc) is 3.87. The first-order chi connectivity index (χ1) is 31.3. The highest BCUT2D eigenvalue weighted by Crippen LogP contribution is 2.40. The van der Waals surface area contributed by atoms with Crippen molar-refractivity contribution in [1.29, 1.82) is 0 Å². The number of halogens is 1. The number of azo groups is 1. The normalized spacial score (nSPS) is 16.7. The van der Waals surface area contributed by atoms with E-state index in [0.717, 1.165) is 37.2 Å². The number of amides is 6. The first kappa shape index (κ1) is 42.6. The number of anilines is 2. The number of rotatable bonds is 11. The van der Waals surface area contributed by atoms with E-state index in [1.165, 1.54) is 18.2 Å². The van der Waals surface area contributed by atoms with Gasteiger partial charge in [-0.2, -0.15) is 10.2 Å². The van der Waals surface area contributed by atoms with Crippen LogP contribution in [0.3, 0.4) is 0 Å². The van der Waals surface area contributed by atoms with E-state index in [4.69, 9.17) is 21.3 Å². The molecule has 2 aromatic heterocycles. The van der Waals surface area contributed by atoms with Gasteiger partial charge in [0.1, 0.15) is 28.7 Å². The zero-order chi connectivity index (χ0) is 45.5. The van der Waals surface area contributed by atoms with Crippen molar-refractivity contribution >= 4 is 86.8 Å². The summed E-state index contributed by atoms with van der Waals surface area (Å²) in [5, 5.41) is 26.9. The number of carbonyl (C=O) groups excluding carboxylic acids is 6. The molecule has 1 fully saturated rings. The molecule has 1 unspecified atom stereocenters. The zero-order valence-corrected chi connectivity index (χ0v) is 36.5. The Hall–Kier alpha value is -7.70. The van der Waals surface area contributed by atoms with Gasteiger partial charge < -0.3 is 15.4 Å². The van der Waals surface area contributed by atoms with Crippen LogP contribution in [-0.4, -0.2) is 73.5 Å². The highest BCUT2D eigenvalue weighted by molar-refractivity contribution is 7.15. The predicted molar refractivity (Wildman–Crippen MR) is 241 cm³/mol. The quantitative estimate of drug-likeness (QED) is 0.0857. The molecule has 65 heavy (non-hydrogen) atoms. The molecular weight excluding hydrogens is 872 g/mol. The molecule has 3 N–H and O–H groups in total. The molecule has 6 aromatic rings. The van der Waals surface area contributed by atoms with Crippen LogP contribution < -0.4 is 20.7 Å². The van der Waals surface area contributed by atoms with Gasteiger partial charge in [-0.1, -0.05) is 29.8 Å². The second-order valence-electron chi connectivity index (χ2n) is 15.4. The van der Waals surface area contributed by atoms with E-state index in [-0.39, 0.29) is 42.0 Å². The van der Waals surface area contributed by atoms with Crippen LogP contribution in [0.4, 0.5) is 22.7 Å². The molecule has 19 heteroatoms.